The number of aliphatic carboxylic acids is 1. The van der Waals surface area contributed by atoms with E-state index in [9.17, 15) is 53.7 Å². The summed E-state index contributed by atoms with van der Waals surface area (Å²) >= 11 is 1.34. The molecule has 0 spiro atoms. The van der Waals surface area contributed by atoms with Crippen molar-refractivity contribution in [2.45, 2.75) is 154 Å². The number of hydrogen-bond acceptors (Lipinski definition) is 14. The summed E-state index contributed by atoms with van der Waals surface area (Å²) in [7, 11) is 0. The predicted molar refractivity (Wildman–Crippen MR) is 231 cm³/mol. The number of thioether (sulfide) groups is 1. The molecule has 0 aromatic heterocycles. The van der Waals surface area contributed by atoms with Crippen molar-refractivity contribution in [3.63, 3.8) is 0 Å². The average Bonchev–Trinajstić information content (AvgIpc) is 3.20. The molecule has 0 saturated carbocycles. The lowest BCUT2D eigenvalue weighted by atomic mass is 9.98. The Kier molecular flexibility index (Phi) is 28.8. The number of nitrogens with two attached hydrogens (primary N) is 3. The molecular formula is C39H74N10O11S. The Labute approximate surface area is 363 Å². The summed E-state index contributed by atoms with van der Waals surface area (Å²) in [4.78, 5) is 105. The Morgan fingerprint density at radius 3 is 1.41 bits per heavy atom. The number of nitrogens with one attached hydrogen (secondary N) is 7. The van der Waals surface area contributed by atoms with Gasteiger partial charge in [0.1, 0.15) is 42.3 Å². The molecule has 61 heavy (non-hydrogen) atoms. The number of rotatable bonds is 32. The lowest BCUT2D eigenvalue weighted by molar-refractivity contribution is -0.144. The van der Waals surface area contributed by atoms with Crippen LogP contribution in [0.4, 0.5) is 0 Å². The summed E-state index contributed by atoms with van der Waals surface area (Å²) in [6.07, 6.45) is 3.07. The van der Waals surface area contributed by atoms with Gasteiger partial charge in [0.15, 0.2) is 0 Å². The minimum atomic E-state index is -1.63. The Balaban J connectivity index is 6.23. The molecule has 22 heteroatoms. The second kappa shape index (κ2) is 30.9. The molecule has 0 heterocycles. The fourth-order valence-corrected chi connectivity index (χ4v) is 6.37. The highest BCUT2D eigenvalue weighted by Crippen LogP contribution is 2.12. The molecule has 0 unspecified atom stereocenters. The SMILES string of the molecule is CC[C@H](C)[C@H](NC(=O)[C@H](CCCCN)NC(=O)[C@H](CO)NC(=O)[C@H](CCSC)NC(=O)[C@@H](NC(=O)[C@H](CC(C)C)NC(=O)[C@H](CCCCN)NC(=O)[C@H](C)N)[C@@H](C)O)C(=O)O. The standard InChI is InChI=1S/C39H74N10O11S/c1-8-22(4)30(39(59)60)48-35(55)26(14-10-12-17-41)44-37(57)29(20-50)47-34(54)27(15-18-61-7)45-38(58)31(24(6)51)49-36(56)28(19-21(2)3)46-33(53)25(13-9-11-16-40)43-32(52)23(5)42/h21-31,50-51H,8-20,40-42H2,1-7H3,(H,43,52)(H,44,57)(H,45,58)(H,46,53)(H,47,54)(H,48,55)(H,49,56)(H,59,60)/t22-,23-,24+,25-,26-,27-,28-,29-,30-,31-/m0/s1. The predicted octanol–water partition coefficient (Wildman–Crippen LogP) is -2.71. The van der Waals surface area contributed by atoms with E-state index in [0.29, 0.717) is 50.9 Å². The van der Waals surface area contributed by atoms with Crippen LogP contribution in [0.15, 0.2) is 0 Å². The summed E-state index contributed by atoms with van der Waals surface area (Å²) in [5, 5.41) is 48.1. The summed E-state index contributed by atoms with van der Waals surface area (Å²) in [6.45, 7) is 9.46. The summed E-state index contributed by atoms with van der Waals surface area (Å²) in [6, 6.07) is -10.2. The van der Waals surface area contributed by atoms with Gasteiger partial charge >= 0.3 is 5.97 Å². The number of unbranched alkanes of at least 4 members (excludes halogenated alkanes) is 2. The second-order valence-corrected chi connectivity index (χ2v) is 16.7. The minimum absolute atomic E-state index is 0.0139. The maximum absolute atomic E-state index is 13.7. The molecule has 16 N–H and O–H groups in total. The van der Waals surface area contributed by atoms with Gasteiger partial charge in [-0.3, -0.25) is 33.6 Å². The van der Waals surface area contributed by atoms with Gasteiger partial charge in [0.2, 0.25) is 41.4 Å². The molecule has 0 aromatic rings. The zero-order chi connectivity index (χ0) is 46.8. The van der Waals surface area contributed by atoms with Crippen LogP contribution in [0.2, 0.25) is 0 Å². The van der Waals surface area contributed by atoms with E-state index in [4.69, 9.17) is 17.2 Å². The lowest BCUT2D eigenvalue weighted by Gasteiger charge is -2.29. The molecule has 0 aliphatic rings. The van der Waals surface area contributed by atoms with Gasteiger partial charge < -0.3 is 69.7 Å². The number of carboxylic acids is 1. The molecule has 0 bridgehead atoms. The Bertz CT molecular complexity index is 1410. The van der Waals surface area contributed by atoms with E-state index in [1.54, 1.807) is 34.0 Å². The van der Waals surface area contributed by atoms with E-state index in [1.807, 2.05) is 0 Å². The van der Waals surface area contributed by atoms with Crippen molar-refractivity contribution in [3.8, 4) is 0 Å². The van der Waals surface area contributed by atoms with Crippen molar-refractivity contribution in [2.24, 2.45) is 29.0 Å². The van der Waals surface area contributed by atoms with E-state index in [-0.39, 0.29) is 31.6 Å². The molecule has 0 aliphatic heterocycles. The summed E-state index contributed by atoms with van der Waals surface area (Å²) in [5.74, 6) is -7.17. The molecule has 10 atom stereocenters. The van der Waals surface area contributed by atoms with E-state index in [1.165, 1.54) is 25.6 Å². The van der Waals surface area contributed by atoms with Crippen molar-refractivity contribution in [1.82, 2.24) is 37.2 Å². The third kappa shape index (κ3) is 22.0. The average molecular weight is 891 g/mol. The van der Waals surface area contributed by atoms with Crippen LogP contribution >= 0.6 is 11.8 Å². The number of amides is 7. The first-order chi connectivity index (χ1) is 28.7. The van der Waals surface area contributed by atoms with E-state index in [0.717, 1.165) is 0 Å². The zero-order valence-corrected chi connectivity index (χ0v) is 37.6. The minimum Gasteiger partial charge on any atom is -0.480 e. The van der Waals surface area contributed by atoms with Crippen molar-refractivity contribution in [2.75, 3.05) is 31.7 Å². The third-order valence-electron chi connectivity index (χ3n) is 9.81. The van der Waals surface area contributed by atoms with Crippen LogP contribution in [-0.2, 0) is 38.4 Å². The fraction of sp³-hybridized carbons (Fsp3) is 0.795. The van der Waals surface area contributed by atoms with Gasteiger partial charge in [-0.25, -0.2) is 4.79 Å². The highest BCUT2D eigenvalue weighted by Gasteiger charge is 2.36. The van der Waals surface area contributed by atoms with E-state index >= 15 is 0 Å². The molecule has 0 rings (SSSR count). The molecule has 0 aromatic carbocycles. The van der Waals surface area contributed by atoms with E-state index < -0.39 is 114 Å². The van der Waals surface area contributed by atoms with Crippen molar-refractivity contribution in [3.05, 3.63) is 0 Å². The zero-order valence-electron chi connectivity index (χ0n) is 36.8. The number of aliphatic hydroxyl groups is 2. The number of carbonyl (C=O) groups excluding carboxylic acids is 7. The topological polar surface area (TPSA) is 360 Å². The van der Waals surface area contributed by atoms with Crippen molar-refractivity contribution in [1.29, 1.82) is 0 Å². The maximum atomic E-state index is 13.7. The summed E-state index contributed by atoms with van der Waals surface area (Å²) in [5.41, 5.74) is 16.9. The normalized spacial score (nSPS) is 16.2. The maximum Gasteiger partial charge on any atom is 0.326 e. The second-order valence-electron chi connectivity index (χ2n) is 15.7. The first kappa shape index (κ1) is 56.9. The fourth-order valence-electron chi connectivity index (χ4n) is 5.90. The van der Waals surface area contributed by atoms with Gasteiger partial charge in [-0.05, 0) is 102 Å². The first-order valence-corrected chi connectivity index (χ1v) is 22.4. The van der Waals surface area contributed by atoms with Crippen LogP contribution in [0.5, 0.6) is 0 Å². The summed E-state index contributed by atoms with van der Waals surface area (Å²) < 4.78 is 0. The molecule has 7 amide bonds. The Hall–Kier alpha value is -4.09. The number of carbonyl (C=O) groups is 8. The number of hydrogen-bond donors (Lipinski definition) is 13. The lowest BCUT2D eigenvalue weighted by Crippen LogP contribution is -2.62. The van der Waals surface area contributed by atoms with Crippen LogP contribution < -0.4 is 54.4 Å². The smallest absolute Gasteiger partial charge is 0.326 e. The number of carboxylic acid groups (broad SMARTS) is 1. The van der Waals surface area contributed by atoms with Gasteiger partial charge in [-0.1, -0.05) is 34.1 Å². The Morgan fingerprint density at radius 2 is 0.984 bits per heavy atom. The van der Waals surface area contributed by atoms with Crippen LogP contribution in [0.1, 0.15) is 99.3 Å². The van der Waals surface area contributed by atoms with Gasteiger partial charge in [-0.15, -0.1) is 0 Å². The van der Waals surface area contributed by atoms with Gasteiger partial charge in [0.25, 0.3) is 0 Å². The highest BCUT2D eigenvalue weighted by atomic mass is 32.2. The molecule has 0 radical (unpaired) electrons. The van der Waals surface area contributed by atoms with Crippen LogP contribution in [-0.4, -0.2) is 149 Å². The molecule has 352 valence electrons. The van der Waals surface area contributed by atoms with Gasteiger partial charge in [-0.2, -0.15) is 11.8 Å². The Morgan fingerprint density at radius 1 is 0.574 bits per heavy atom. The molecular weight excluding hydrogens is 817 g/mol. The van der Waals surface area contributed by atoms with E-state index in [2.05, 4.69) is 37.2 Å². The van der Waals surface area contributed by atoms with Crippen molar-refractivity contribution >= 4 is 59.1 Å². The van der Waals surface area contributed by atoms with Crippen molar-refractivity contribution < 1.29 is 53.7 Å². The molecule has 21 nitrogen and oxygen atoms in total. The molecule has 0 fully saturated rings. The monoisotopic (exact) mass is 891 g/mol. The first-order valence-electron chi connectivity index (χ1n) is 21.0. The highest BCUT2D eigenvalue weighted by molar-refractivity contribution is 7.98. The molecule has 0 saturated heterocycles. The van der Waals surface area contributed by atoms with Gasteiger partial charge in [0.05, 0.1) is 18.8 Å². The third-order valence-corrected chi connectivity index (χ3v) is 10.5. The van der Waals surface area contributed by atoms with Crippen LogP contribution in [0.3, 0.4) is 0 Å². The molecule has 0 aliphatic carbocycles. The van der Waals surface area contributed by atoms with Crippen LogP contribution in [0, 0.1) is 11.8 Å². The van der Waals surface area contributed by atoms with Gasteiger partial charge in [0, 0.05) is 0 Å². The van der Waals surface area contributed by atoms with Crippen LogP contribution in [0.25, 0.3) is 0 Å². The quantitative estimate of drug-likeness (QED) is 0.0306. The number of aliphatic hydroxyl groups excluding tert-OH is 2. The largest absolute Gasteiger partial charge is 0.480 e.